The first-order valence-corrected chi connectivity index (χ1v) is 8.57. The maximum absolute atomic E-state index is 9.01. The van der Waals surface area contributed by atoms with E-state index in [1.807, 2.05) is 0 Å². The summed E-state index contributed by atoms with van der Waals surface area (Å²) in [5.41, 5.74) is 3.45. The summed E-state index contributed by atoms with van der Waals surface area (Å²) in [5.74, 6) is -0.132. The number of rotatable bonds is 0. The van der Waals surface area contributed by atoms with Gasteiger partial charge in [-0.3, -0.25) is 0 Å². The Hall–Kier alpha value is 0.534. The zero-order chi connectivity index (χ0) is 18.0. The fraction of sp³-hybridized carbons (Fsp3) is 0.421. The largest absolute Gasteiger partial charge is 3.00 e. The first kappa shape index (κ1) is 31.2. The molecule has 1 N–H and O–H groups in total. The van der Waals surface area contributed by atoms with Crippen molar-refractivity contribution in [1.82, 2.24) is 0 Å². The first-order chi connectivity index (χ1) is 10.3. The Kier molecular flexibility index (Phi) is 14.6. The van der Waals surface area contributed by atoms with Gasteiger partial charge in [-0.25, -0.2) is 6.07 Å². The average molecular weight is 494 g/mol. The second kappa shape index (κ2) is 12.2. The number of hydrogen-bond donors (Lipinski definition) is 1. The maximum Gasteiger partial charge on any atom is 3.00 e. The Bertz CT molecular complexity index is 618. The standard InChI is InChI=1S/C13H21.C6H3Cl3O.2ClH.Ti/c1-12(2,3)10-7-8-11(9-10)13(4,5)6;7-3-1-4(8)6(10)5(9)2-3;;;/h7-9H,1-6H3;1-2,10H;2*1H;/q-1;;;;+3/p-2. The molecule has 0 atom stereocenters. The second-order valence-electron chi connectivity index (χ2n) is 7.61. The number of phenolic OH excluding ortho intramolecular Hbond substituents is 1. The monoisotopic (exact) mass is 491 g/mol. The fourth-order valence-electron chi connectivity index (χ4n) is 1.91. The summed E-state index contributed by atoms with van der Waals surface area (Å²) in [4.78, 5) is 0. The van der Waals surface area contributed by atoms with Gasteiger partial charge in [0.25, 0.3) is 0 Å². The molecule has 2 rings (SSSR count). The van der Waals surface area contributed by atoms with Crippen LogP contribution in [0.2, 0.25) is 15.1 Å². The average Bonchev–Trinajstić information content (AvgIpc) is 2.85. The zero-order valence-corrected chi connectivity index (χ0v) is 21.1. The van der Waals surface area contributed by atoms with Gasteiger partial charge in [0.15, 0.2) is 5.75 Å². The predicted octanol–water partition coefficient (Wildman–Crippen LogP) is 1.36. The number of halogens is 5. The van der Waals surface area contributed by atoms with Gasteiger partial charge in [0.05, 0.1) is 10.0 Å². The van der Waals surface area contributed by atoms with Crippen molar-refractivity contribution in [3.63, 3.8) is 0 Å². The molecule has 26 heavy (non-hydrogen) atoms. The Morgan fingerprint density at radius 2 is 1.23 bits per heavy atom. The van der Waals surface area contributed by atoms with Gasteiger partial charge in [-0.2, -0.15) is 23.3 Å². The van der Waals surface area contributed by atoms with E-state index in [0.717, 1.165) is 0 Å². The molecule has 7 heteroatoms. The normalized spacial score (nSPS) is 10.5. The van der Waals surface area contributed by atoms with E-state index in [1.54, 1.807) is 0 Å². The van der Waals surface area contributed by atoms with Crippen molar-refractivity contribution in [2.75, 3.05) is 0 Å². The number of phenols is 1. The fourth-order valence-corrected chi connectivity index (χ4v) is 2.73. The molecule has 2 aromatic carbocycles. The van der Waals surface area contributed by atoms with E-state index in [4.69, 9.17) is 39.9 Å². The molecule has 0 fully saturated rings. The first-order valence-electron chi connectivity index (χ1n) is 7.43. The number of hydrogen-bond acceptors (Lipinski definition) is 1. The quantitative estimate of drug-likeness (QED) is 0.434. The van der Waals surface area contributed by atoms with Gasteiger partial charge >= 0.3 is 21.7 Å². The van der Waals surface area contributed by atoms with E-state index >= 15 is 0 Å². The molecule has 0 bridgehead atoms. The third kappa shape index (κ3) is 9.65. The minimum absolute atomic E-state index is 0. The van der Waals surface area contributed by atoms with Crippen molar-refractivity contribution in [2.24, 2.45) is 0 Å². The summed E-state index contributed by atoms with van der Waals surface area (Å²) in [5, 5.41) is 9.75. The van der Waals surface area contributed by atoms with Crippen LogP contribution in [0.15, 0.2) is 30.3 Å². The molecular formula is C19H24Cl5OTi. The summed E-state index contributed by atoms with van der Waals surface area (Å²) >= 11 is 16.5. The summed E-state index contributed by atoms with van der Waals surface area (Å²) in [7, 11) is 0. The molecule has 2 aromatic rings. The van der Waals surface area contributed by atoms with Crippen molar-refractivity contribution in [3.8, 4) is 5.75 Å². The van der Waals surface area contributed by atoms with Crippen molar-refractivity contribution < 1.29 is 51.6 Å². The molecule has 0 aliphatic heterocycles. The van der Waals surface area contributed by atoms with Gasteiger partial charge < -0.3 is 29.9 Å². The van der Waals surface area contributed by atoms with Gasteiger partial charge in [-0.1, -0.05) is 81.8 Å². The molecule has 0 aliphatic carbocycles. The Labute approximate surface area is 199 Å². The van der Waals surface area contributed by atoms with Gasteiger partial charge in [0.2, 0.25) is 0 Å². The minimum atomic E-state index is -0.132. The molecule has 0 heterocycles. The van der Waals surface area contributed by atoms with Crippen LogP contribution < -0.4 is 24.8 Å². The summed E-state index contributed by atoms with van der Waals surface area (Å²) < 4.78 is 0. The SMILES string of the molecule is CC(C)(C)c1c[cH-]c(C(C)(C)C)c1.Oc1c(Cl)cc(Cl)cc1Cl.[Cl-].[Cl-].[Ti+3]. The molecule has 0 amide bonds. The Balaban J connectivity index is -0.000000374. The van der Waals surface area contributed by atoms with Gasteiger partial charge in [-0.15, -0.1) is 0 Å². The second-order valence-corrected chi connectivity index (χ2v) is 8.86. The molecular weight excluding hydrogens is 469 g/mol. The van der Waals surface area contributed by atoms with E-state index in [-0.39, 0.29) is 73.2 Å². The van der Waals surface area contributed by atoms with E-state index in [2.05, 4.69) is 59.7 Å². The van der Waals surface area contributed by atoms with Gasteiger partial charge in [0, 0.05) is 5.02 Å². The van der Waals surface area contributed by atoms with Crippen LogP contribution in [0.3, 0.4) is 0 Å². The zero-order valence-electron chi connectivity index (χ0n) is 15.7. The molecule has 0 unspecified atom stereocenters. The number of benzene rings is 1. The molecule has 0 aromatic heterocycles. The molecule has 0 aliphatic rings. The molecule has 1 radical (unpaired) electrons. The van der Waals surface area contributed by atoms with Gasteiger partial charge in [0.1, 0.15) is 0 Å². The minimum Gasteiger partial charge on any atom is -1.00 e. The topological polar surface area (TPSA) is 20.2 Å². The number of aromatic hydroxyl groups is 1. The summed E-state index contributed by atoms with van der Waals surface area (Å²) in [6.07, 6.45) is 0. The van der Waals surface area contributed by atoms with Crippen molar-refractivity contribution >= 4 is 34.8 Å². The van der Waals surface area contributed by atoms with Gasteiger partial charge in [-0.05, 0) is 17.5 Å². The van der Waals surface area contributed by atoms with Crippen LogP contribution in [-0.4, -0.2) is 5.11 Å². The Morgan fingerprint density at radius 3 is 1.50 bits per heavy atom. The smallest absolute Gasteiger partial charge is 1.00 e. The van der Waals surface area contributed by atoms with Crippen molar-refractivity contribution in [3.05, 3.63) is 56.5 Å². The molecule has 0 spiro atoms. The molecule has 1 nitrogen and oxygen atoms in total. The van der Waals surface area contributed by atoms with Crippen LogP contribution >= 0.6 is 34.8 Å². The van der Waals surface area contributed by atoms with Crippen LogP contribution in [0.1, 0.15) is 52.7 Å². The van der Waals surface area contributed by atoms with E-state index in [9.17, 15) is 0 Å². The van der Waals surface area contributed by atoms with E-state index < -0.39 is 0 Å². The van der Waals surface area contributed by atoms with E-state index in [0.29, 0.717) is 5.02 Å². The van der Waals surface area contributed by atoms with Crippen molar-refractivity contribution in [1.29, 1.82) is 0 Å². The molecule has 0 saturated carbocycles. The van der Waals surface area contributed by atoms with Crippen LogP contribution in [0.4, 0.5) is 0 Å². The van der Waals surface area contributed by atoms with Crippen LogP contribution in [0.25, 0.3) is 0 Å². The summed E-state index contributed by atoms with van der Waals surface area (Å²) in [6, 6.07) is 9.68. The molecule has 145 valence electrons. The van der Waals surface area contributed by atoms with Crippen LogP contribution in [0.5, 0.6) is 5.75 Å². The predicted molar refractivity (Wildman–Crippen MR) is 103 cm³/mol. The van der Waals surface area contributed by atoms with Crippen molar-refractivity contribution in [2.45, 2.75) is 52.4 Å². The Morgan fingerprint density at radius 1 is 0.808 bits per heavy atom. The van der Waals surface area contributed by atoms with Crippen LogP contribution in [0, 0.1) is 0 Å². The summed E-state index contributed by atoms with van der Waals surface area (Å²) in [6.45, 7) is 13.6. The van der Waals surface area contributed by atoms with Crippen LogP contribution in [-0.2, 0) is 32.5 Å². The van der Waals surface area contributed by atoms with E-state index in [1.165, 1.54) is 23.3 Å². The third-order valence-corrected chi connectivity index (χ3v) is 4.26. The third-order valence-electron chi connectivity index (χ3n) is 3.47. The maximum atomic E-state index is 9.01. The molecule has 0 saturated heterocycles.